The number of ether oxygens (including phenoxy) is 2. The summed E-state index contributed by atoms with van der Waals surface area (Å²) >= 11 is 12.6. The third-order valence-electron chi connectivity index (χ3n) is 4.37. The molecule has 2 aromatic carbocycles. The van der Waals surface area contributed by atoms with Gasteiger partial charge in [-0.3, -0.25) is 0 Å². The number of halogens is 2. The van der Waals surface area contributed by atoms with E-state index < -0.39 is 9.84 Å². The number of rotatable bonds is 5. The third-order valence-corrected chi connectivity index (χ3v) is 6.06. The van der Waals surface area contributed by atoms with Crippen LogP contribution in [0.15, 0.2) is 47.4 Å². The van der Waals surface area contributed by atoms with Crippen molar-refractivity contribution in [3.63, 3.8) is 0 Å². The number of hydrogen-bond acceptors (Lipinski definition) is 6. The van der Waals surface area contributed by atoms with E-state index in [0.29, 0.717) is 38.2 Å². The molecule has 3 rings (SSSR count). The minimum absolute atomic E-state index is 0.145. The fraction of sp³-hybridized carbons (Fsp3) is 0.143. The Morgan fingerprint density at radius 3 is 2.03 bits per heavy atom. The van der Waals surface area contributed by atoms with Crippen molar-refractivity contribution in [1.82, 2.24) is 4.98 Å². The first-order chi connectivity index (χ1) is 14.2. The lowest BCUT2D eigenvalue weighted by Crippen LogP contribution is -1.99. The Hall–Kier alpha value is -2.79. The van der Waals surface area contributed by atoms with Crippen LogP contribution >= 0.6 is 23.2 Å². The fourth-order valence-electron chi connectivity index (χ4n) is 2.95. The van der Waals surface area contributed by atoms with Gasteiger partial charge in [-0.25, -0.2) is 13.4 Å². The lowest BCUT2D eigenvalue weighted by Gasteiger charge is -2.15. The maximum absolute atomic E-state index is 11.8. The van der Waals surface area contributed by atoms with Gasteiger partial charge in [0.05, 0.1) is 34.9 Å². The van der Waals surface area contributed by atoms with Crippen LogP contribution < -0.4 is 9.47 Å². The molecule has 0 spiro atoms. The summed E-state index contributed by atoms with van der Waals surface area (Å²) in [4.78, 5) is 4.68. The second-order valence-corrected chi connectivity index (χ2v) is 9.15. The average molecular weight is 463 g/mol. The summed E-state index contributed by atoms with van der Waals surface area (Å²) in [5, 5.41) is 10.1. The van der Waals surface area contributed by atoms with Crippen molar-refractivity contribution in [2.24, 2.45) is 0 Å². The van der Waals surface area contributed by atoms with E-state index in [1.54, 1.807) is 30.3 Å². The maximum atomic E-state index is 11.8. The number of nitrogens with zero attached hydrogens (tertiary/aromatic N) is 2. The molecule has 0 aliphatic rings. The summed E-state index contributed by atoms with van der Waals surface area (Å²) < 4.78 is 34.0. The largest absolute Gasteiger partial charge is 0.494 e. The lowest BCUT2D eigenvalue weighted by atomic mass is 9.97. The van der Waals surface area contributed by atoms with Gasteiger partial charge in [-0.15, -0.1) is 0 Å². The molecule has 0 saturated carbocycles. The van der Waals surface area contributed by atoms with Crippen LogP contribution in [0.1, 0.15) is 5.56 Å². The van der Waals surface area contributed by atoms with Gasteiger partial charge in [0, 0.05) is 17.4 Å². The maximum Gasteiger partial charge on any atom is 0.232 e. The zero-order valence-electron chi connectivity index (χ0n) is 16.2. The van der Waals surface area contributed by atoms with E-state index in [0.717, 1.165) is 6.26 Å². The van der Waals surface area contributed by atoms with Crippen molar-refractivity contribution in [1.29, 1.82) is 5.26 Å². The minimum atomic E-state index is -3.34. The minimum Gasteiger partial charge on any atom is -0.494 e. The van der Waals surface area contributed by atoms with Crippen LogP contribution in [-0.2, 0) is 9.84 Å². The molecule has 0 aliphatic heterocycles. The third kappa shape index (κ3) is 4.21. The highest BCUT2D eigenvalue weighted by Gasteiger charge is 2.19. The van der Waals surface area contributed by atoms with Crippen LogP contribution in [0.25, 0.3) is 22.4 Å². The Balaban J connectivity index is 2.29. The fourth-order valence-corrected chi connectivity index (χ4v) is 4.22. The molecule has 0 saturated heterocycles. The van der Waals surface area contributed by atoms with E-state index in [1.165, 1.54) is 26.4 Å². The predicted octanol–water partition coefficient (Wildman–Crippen LogP) is 5.01. The molecule has 154 valence electrons. The Kier molecular flexibility index (Phi) is 6.22. The van der Waals surface area contributed by atoms with E-state index >= 15 is 0 Å². The number of pyridine rings is 1. The summed E-state index contributed by atoms with van der Waals surface area (Å²) in [5.74, 6) is 0.480. The first kappa shape index (κ1) is 21.9. The van der Waals surface area contributed by atoms with Gasteiger partial charge in [0.1, 0.15) is 11.6 Å². The molecule has 0 atom stereocenters. The summed E-state index contributed by atoms with van der Waals surface area (Å²) in [6.45, 7) is 0. The number of aromatic nitrogens is 1. The molecule has 6 nitrogen and oxygen atoms in total. The Labute approximate surface area is 184 Å². The number of methoxy groups -OCH3 is 2. The first-order valence-electron chi connectivity index (χ1n) is 8.52. The van der Waals surface area contributed by atoms with Crippen molar-refractivity contribution in [2.75, 3.05) is 20.5 Å². The summed E-state index contributed by atoms with van der Waals surface area (Å²) in [6.07, 6.45) is 1.14. The molecular weight excluding hydrogens is 447 g/mol. The van der Waals surface area contributed by atoms with Crippen LogP contribution in [0.3, 0.4) is 0 Å². The first-order valence-corrected chi connectivity index (χ1v) is 11.2. The molecule has 9 heteroatoms. The smallest absolute Gasteiger partial charge is 0.232 e. The monoisotopic (exact) mass is 462 g/mol. The van der Waals surface area contributed by atoms with E-state index in [2.05, 4.69) is 11.1 Å². The van der Waals surface area contributed by atoms with Crippen LogP contribution in [0, 0.1) is 11.3 Å². The van der Waals surface area contributed by atoms with E-state index in [4.69, 9.17) is 32.7 Å². The zero-order chi connectivity index (χ0) is 22.1. The molecule has 0 bridgehead atoms. The van der Waals surface area contributed by atoms with Gasteiger partial charge in [-0.1, -0.05) is 35.3 Å². The number of hydrogen-bond donors (Lipinski definition) is 0. The summed E-state index contributed by atoms with van der Waals surface area (Å²) in [7, 11) is -0.462. The van der Waals surface area contributed by atoms with Crippen molar-refractivity contribution in [2.45, 2.75) is 4.90 Å². The van der Waals surface area contributed by atoms with Gasteiger partial charge in [0.15, 0.2) is 15.6 Å². The van der Waals surface area contributed by atoms with Crippen LogP contribution in [-0.4, -0.2) is 33.9 Å². The van der Waals surface area contributed by atoms with Crippen molar-refractivity contribution in [3.8, 4) is 40.1 Å². The Bertz CT molecular complexity index is 1240. The van der Waals surface area contributed by atoms with Gasteiger partial charge in [0.25, 0.3) is 0 Å². The summed E-state index contributed by atoms with van der Waals surface area (Å²) in [5.41, 5.74) is 2.52. The molecule has 0 unspecified atom stereocenters. The zero-order valence-corrected chi connectivity index (χ0v) is 18.6. The van der Waals surface area contributed by atoms with Gasteiger partial charge in [-0.2, -0.15) is 5.26 Å². The number of nitriles is 1. The number of sulfone groups is 1. The average Bonchev–Trinajstić information content (AvgIpc) is 2.72. The number of benzene rings is 2. The second-order valence-electron chi connectivity index (χ2n) is 6.32. The second kappa shape index (κ2) is 8.52. The van der Waals surface area contributed by atoms with Crippen LogP contribution in [0.5, 0.6) is 11.6 Å². The van der Waals surface area contributed by atoms with Crippen LogP contribution in [0.4, 0.5) is 0 Å². The van der Waals surface area contributed by atoms with Gasteiger partial charge in [-0.05, 0) is 35.9 Å². The van der Waals surface area contributed by atoms with E-state index in [-0.39, 0.29) is 16.3 Å². The molecule has 0 amide bonds. The standard InChI is InChI=1S/C21H16Cl2N2O4S/c1-28-20-17(22)9-13(10-18(20)23)19-16(8-14(11-24)21(25-19)29-2)12-4-6-15(7-5-12)30(3,26)27/h4-10H,1-3H3. The van der Waals surface area contributed by atoms with Crippen LogP contribution in [0.2, 0.25) is 10.0 Å². The quantitative estimate of drug-likeness (QED) is 0.528. The lowest BCUT2D eigenvalue weighted by molar-refractivity contribution is 0.397. The predicted molar refractivity (Wildman–Crippen MR) is 116 cm³/mol. The molecule has 1 aromatic heterocycles. The SMILES string of the molecule is COc1nc(-c2cc(Cl)c(OC)c(Cl)c2)c(-c2ccc(S(C)(=O)=O)cc2)cc1C#N. The Morgan fingerprint density at radius 2 is 1.57 bits per heavy atom. The Morgan fingerprint density at radius 1 is 0.967 bits per heavy atom. The van der Waals surface area contributed by atoms with Crippen molar-refractivity contribution >= 4 is 33.0 Å². The van der Waals surface area contributed by atoms with Crippen molar-refractivity contribution < 1.29 is 17.9 Å². The van der Waals surface area contributed by atoms with Gasteiger partial charge >= 0.3 is 0 Å². The molecule has 0 radical (unpaired) electrons. The topological polar surface area (TPSA) is 89.3 Å². The molecular formula is C21H16Cl2N2O4S. The van der Waals surface area contributed by atoms with E-state index in [1.807, 2.05) is 0 Å². The highest BCUT2D eigenvalue weighted by Crippen LogP contribution is 2.41. The highest BCUT2D eigenvalue weighted by atomic mass is 35.5. The molecule has 0 fully saturated rings. The van der Waals surface area contributed by atoms with Gasteiger partial charge < -0.3 is 9.47 Å². The van der Waals surface area contributed by atoms with Gasteiger partial charge in [0.2, 0.25) is 5.88 Å². The van der Waals surface area contributed by atoms with E-state index in [9.17, 15) is 13.7 Å². The molecule has 0 aliphatic carbocycles. The summed E-state index contributed by atoms with van der Waals surface area (Å²) in [6, 6.07) is 13.3. The molecule has 30 heavy (non-hydrogen) atoms. The normalized spacial score (nSPS) is 11.1. The highest BCUT2D eigenvalue weighted by molar-refractivity contribution is 7.90. The molecule has 0 N–H and O–H groups in total. The van der Waals surface area contributed by atoms with Crippen molar-refractivity contribution in [3.05, 3.63) is 58.1 Å². The molecule has 3 aromatic rings. The molecule has 1 heterocycles.